The van der Waals surface area contributed by atoms with E-state index in [1.807, 2.05) is 16.9 Å². The van der Waals surface area contributed by atoms with E-state index in [0.717, 1.165) is 22.7 Å². The Hall–Kier alpha value is -3.53. The first-order valence-corrected chi connectivity index (χ1v) is 10.7. The second kappa shape index (κ2) is 7.86. The molecule has 0 aliphatic carbocycles. The molecule has 5 rings (SSSR count). The third kappa shape index (κ3) is 3.46. The summed E-state index contributed by atoms with van der Waals surface area (Å²) in [7, 11) is 0. The van der Waals surface area contributed by atoms with Crippen LogP contribution in [0.3, 0.4) is 0 Å². The molecule has 2 aromatic heterocycles. The molecular weight excluding hydrogens is 439 g/mol. The number of carbonyl (C=O) groups excluding carboxylic acids is 1. The molecule has 162 valence electrons. The SMILES string of the molecule is CC1c2nnc(-c3csc(-c4ccc(F)cc4)n3)n2CCN1C(=O)c1ccc(F)c(F)c1. The van der Waals surface area contributed by atoms with Crippen molar-refractivity contribution in [1.82, 2.24) is 24.6 Å². The summed E-state index contributed by atoms with van der Waals surface area (Å²) >= 11 is 1.42. The van der Waals surface area contributed by atoms with Crippen LogP contribution >= 0.6 is 11.3 Å². The summed E-state index contributed by atoms with van der Waals surface area (Å²) in [6, 6.07) is 8.80. The van der Waals surface area contributed by atoms with Gasteiger partial charge in [0.15, 0.2) is 23.3 Å². The lowest BCUT2D eigenvalue weighted by Gasteiger charge is -2.33. The summed E-state index contributed by atoms with van der Waals surface area (Å²) in [6.07, 6.45) is 0. The van der Waals surface area contributed by atoms with E-state index in [9.17, 15) is 18.0 Å². The van der Waals surface area contributed by atoms with E-state index in [4.69, 9.17) is 0 Å². The van der Waals surface area contributed by atoms with Gasteiger partial charge in [0.1, 0.15) is 16.5 Å². The summed E-state index contributed by atoms with van der Waals surface area (Å²) < 4.78 is 41.9. The Morgan fingerprint density at radius 1 is 1.03 bits per heavy atom. The van der Waals surface area contributed by atoms with Crippen molar-refractivity contribution in [3.8, 4) is 22.1 Å². The van der Waals surface area contributed by atoms with Crippen LogP contribution in [0.2, 0.25) is 0 Å². The van der Waals surface area contributed by atoms with Gasteiger partial charge in [0.2, 0.25) is 0 Å². The van der Waals surface area contributed by atoms with E-state index >= 15 is 0 Å². The average Bonchev–Trinajstić information content (AvgIpc) is 3.43. The fourth-order valence-electron chi connectivity index (χ4n) is 3.75. The minimum Gasteiger partial charge on any atom is -0.327 e. The number of thiazole rings is 1. The maximum Gasteiger partial charge on any atom is 0.254 e. The van der Waals surface area contributed by atoms with E-state index in [1.54, 1.807) is 17.0 Å². The van der Waals surface area contributed by atoms with Gasteiger partial charge in [-0.3, -0.25) is 4.79 Å². The zero-order valence-corrected chi connectivity index (χ0v) is 17.6. The molecule has 2 aromatic carbocycles. The van der Waals surface area contributed by atoms with Gasteiger partial charge in [0.25, 0.3) is 5.91 Å². The Kier molecular flexibility index (Phi) is 5.01. The van der Waals surface area contributed by atoms with Crippen LogP contribution in [0.15, 0.2) is 47.8 Å². The van der Waals surface area contributed by atoms with Crippen molar-refractivity contribution in [2.75, 3.05) is 6.54 Å². The number of amides is 1. The van der Waals surface area contributed by atoms with E-state index in [2.05, 4.69) is 15.2 Å². The molecule has 0 saturated carbocycles. The van der Waals surface area contributed by atoms with Gasteiger partial charge in [-0.1, -0.05) is 0 Å². The number of hydrogen-bond donors (Lipinski definition) is 0. The Morgan fingerprint density at radius 3 is 2.56 bits per heavy atom. The number of rotatable bonds is 3. The smallest absolute Gasteiger partial charge is 0.254 e. The number of hydrogen-bond acceptors (Lipinski definition) is 5. The second-order valence-electron chi connectivity index (χ2n) is 7.38. The van der Waals surface area contributed by atoms with Crippen LogP contribution < -0.4 is 0 Å². The lowest BCUT2D eigenvalue weighted by atomic mass is 10.1. The molecule has 4 aromatic rings. The molecule has 0 fully saturated rings. The summed E-state index contributed by atoms with van der Waals surface area (Å²) in [5.41, 5.74) is 1.52. The van der Waals surface area contributed by atoms with Crippen molar-refractivity contribution in [1.29, 1.82) is 0 Å². The molecule has 1 aliphatic heterocycles. The molecule has 3 heterocycles. The third-order valence-corrected chi connectivity index (χ3v) is 6.33. The number of carbonyl (C=O) groups is 1. The number of aromatic nitrogens is 4. The molecule has 10 heteroatoms. The van der Waals surface area contributed by atoms with Gasteiger partial charge < -0.3 is 9.47 Å². The van der Waals surface area contributed by atoms with Crippen LogP contribution in [-0.4, -0.2) is 37.1 Å². The van der Waals surface area contributed by atoms with Crippen molar-refractivity contribution in [2.45, 2.75) is 19.5 Å². The van der Waals surface area contributed by atoms with Crippen molar-refractivity contribution in [2.24, 2.45) is 0 Å². The molecule has 1 amide bonds. The predicted octanol–water partition coefficient (Wildman–Crippen LogP) is 4.70. The molecule has 32 heavy (non-hydrogen) atoms. The molecule has 0 radical (unpaired) electrons. The monoisotopic (exact) mass is 455 g/mol. The maximum absolute atomic E-state index is 13.6. The van der Waals surface area contributed by atoms with Crippen molar-refractivity contribution < 1.29 is 18.0 Å². The van der Waals surface area contributed by atoms with Crippen LogP contribution in [0.5, 0.6) is 0 Å². The molecule has 1 aliphatic rings. The van der Waals surface area contributed by atoms with Crippen LogP contribution in [0.4, 0.5) is 13.2 Å². The standard InChI is InChI=1S/C22H16F3N5OS/c1-12-19-27-28-20(18-11-32-21(26-18)13-2-5-15(23)6-3-13)30(19)9-8-29(12)22(31)14-4-7-16(24)17(25)10-14/h2-7,10-12H,8-9H2,1H3. The van der Waals surface area contributed by atoms with Gasteiger partial charge in [-0.25, -0.2) is 18.2 Å². The number of halogens is 3. The molecular formula is C22H16F3N5OS. The highest BCUT2D eigenvalue weighted by molar-refractivity contribution is 7.13. The topological polar surface area (TPSA) is 63.9 Å². The predicted molar refractivity (Wildman–Crippen MR) is 112 cm³/mol. The first kappa shape index (κ1) is 20.4. The van der Waals surface area contributed by atoms with Gasteiger partial charge in [-0.15, -0.1) is 21.5 Å². The van der Waals surface area contributed by atoms with Gasteiger partial charge in [-0.2, -0.15) is 0 Å². The summed E-state index contributed by atoms with van der Waals surface area (Å²) in [6.45, 7) is 2.60. The highest BCUT2D eigenvalue weighted by Crippen LogP contribution is 2.32. The summed E-state index contributed by atoms with van der Waals surface area (Å²) in [5, 5.41) is 11.1. The van der Waals surface area contributed by atoms with Crippen molar-refractivity contribution in [3.05, 3.63) is 76.7 Å². The number of nitrogens with zero attached hydrogens (tertiary/aromatic N) is 5. The minimum atomic E-state index is -1.06. The van der Waals surface area contributed by atoms with Crippen molar-refractivity contribution >= 4 is 17.2 Å². The lowest BCUT2D eigenvalue weighted by molar-refractivity contribution is 0.0638. The highest BCUT2D eigenvalue weighted by atomic mass is 32.1. The maximum atomic E-state index is 13.6. The molecule has 6 nitrogen and oxygen atoms in total. The van der Waals surface area contributed by atoms with Crippen LogP contribution in [0.1, 0.15) is 29.1 Å². The molecule has 0 spiro atoms. The Labute approximate surface area is 185 Å². The van der Waals surface area contributed by atoms with Gasteiger partial charge in [0, 0.05) is 29.6 Å². The van der Waals surface area contributed by atoms with Crippen LogP contribution in [-0.2, 0) is 6.54 Å². The van der Waals surface area contributed by atoms with Crippen LogP contribution in [0.25, 0.3) is 22.1 Å². The summed E-state index contributed by atoms with van der Waals surface area (Å²) in [4.78, 5) is 19.1. The van der Waals surface area contributed by atoms with E-state index in [0.29, 0.717) is 30.4 Å². The Morgan fingerprint density at radius 2 is 1.81 bits per heavy atom. The largest absolute Gasteiger partial charge is 0.327 e. The summed E-state index contributed by atoms with van der Waals surface area (Å²) in [5.74, 6) is -1.62. The quantitative estimate of drug-likeness (QED) is 0.449. The zero-order chi connectivity index (χ0) is 22.4. The lowest BCUT2D eigenvalue weighted by Crippen LogP contribution is -2.41. The molecule has 0 saturated heterocycles. The normalized spacial score (nSPS) is 15.6. The van der Waals surface area contributed by atoms with E-state index in [-0.39, 0.29) is 11.4 Å². The van der Waals surface area contributed by atoms with Gasteiger partial charge >= 0.3 is 0 Å². The highest BCUT2D eigenvalue weighted by Gasteiger charge is 2.32. The van der Waals surface area contributed by atoms with Crippen molar-refractivity contribution in [3.63, 3.8) is 0 Å². The zero-order valence-electron chi connectivity index (χ0n) is 16.8. The second-order valence-corrected chi connectivity index (χ2v) is 8.24. The first-order valence-electron chi connectivity index (χ1n) is 9.83. The Balaban J connectivity index is 1.41. The first-order chi connectivity index (χ1) is 15.4. The molecule has 0 N–H and O–H groups in total. The van der Waals surface area contributed by atoms with Gasteiger partial charge in [0.05, 0.1) is 6.04 Å². The van der Waals surface area contributed by atoms with E-state index in [1.165, 1.54) is 29.5 Å². The minimum absolute atomic E-state index is 0.0763. The Bertz CT molecular complexity index is 1320. The number of fused-ring (bicyclic) bond motifs is 1. The third-order valence-electron chi connectivity index (χ3n) is 5.44. The average molecular weight is 455 g/mol. The molecule has 1 unspecified atom stereocenters. The fraction of sp³-hybridized carbons (Fsp3) is 0.182. The van der Waals surface area contributed by atoms with E-state index < -0.39 is 23.6 Å². The number of benzene rings is 2. The molecule has 1 atom stereocenters. The van der Waals surface area contributed by atoms with Gasteiger partial charge in [-0.05, 0) is 49.4 Å². The molecule has 0 bridgehead atoms. The van der Waals surface area contributed by atoms with Crippen LogP contribution in [0, 0.1) is 17.5 Å². The fourth-order valence-corrected chi connectivity index (χ4v) is 4.55.